The number of aryl methyl sites for hydroxylation is 1. The summed E-state index contributed by atoms with van der Waals surface area (Å²) < 4.78 is 31.2. The molecular formula is C21H35N3O4S. The summed E-state index contributed by atoms with van der Waals surface area (Å²) in [6.07, 6.45) is 4.24. The first-order valence-corrected chi connectivity index (χ1v) is 11.8. The Labute approximate surface area is 175 Å². The maximum Gasteiger partial charge on any atom is 0.242 e. The number of sulfonamides is 1. The highest BCUT2D eigenvalue weighted by atomic mass is 32.2. The molecule has 0 saturated carbocycles. The summed E-state index contributed by atoms with van der Waals surface area (Å²) in [6.45, 7) is 6.28. The number of carbonyl (C=O) groups is 1. The van der Waals surface area contributed by atoms with Crippen molar-refractivity contribution in [3.63, 3.8) is 0 Å². The number of likely N-dealkylation sites (tertiary alicyclic amines) is 1. The summed E-state index contributed by atoms with van der Waals surface area (Å²) in [7, 11) is 1.01. The average Bonchev–Trinajstić information content (AvgIpc) is 2.69. The minimum Gasteiger partial charge on any atom is -0.496 e. The van der Waals surface area contributed by atoms with Gasteiger partial charge in [0.05, 0.1) is 12.0 Å². The maximum absolute atomic E-state index is 12.3. The molecule has 1 atom stereocenters. The third-order valence-corrected chi connectivity index (χ3v) is 7.18. The zero-order chi connectivity index (χ0) is 21.4. The minimum atomic E-state index is -3.52. The van der Waals surface area contributed by atoms with Gasteiger partial charge in [-0.15, -0.1) is 0 Å². The lowest BCUT2D eigenvalue weighted by Gasteiger charge is -2.30. The molecule has 2 rings (SSSR count). The fourth-order valence-electron chi connectivity index (χ4n) is 3.68. The molecule has 1 aromatic rings. The first kappa shape index (κ1) is 23.6. The third-order valence-electron chi connectivity index (χ3n) is 5.37. The molecule has 1 amide bonds. The van der Waals surface area contributed by atoms with E-state index < -0.39 is 10.0 Å². The summed E-state index contributed by atoms with van der Waals surface area (Å²) in [5.41, 5.74) is 0.716. The van der Waals surface area contributed by atoms with Crippen LogP contribution in [0.15, 0.2) is 23.1 Å². The number of nitrogens with one attached hydrogen (secondary N) is 1. The normalized spacial score (nSPS) is 18.0. The van der Waals surface area contributed by atoms with Gasteiger partial charge in [-0.05, 0) is 68.5 Å². The Morgan fingerprint density at radius 3 is 2.76 bits per heavy atom. The van der Waals surface area contributed by atoms with Gasteiger partial charge in [-0.1, -0.05) is 6.92 Å². The average molecular weight is 426 g/mol. The van der Waals surface area contributed by atoms with Crippen molar-refractivity contribution < 1.29 is 17.9 Å². The van der Waals surface area contributed by atoms with Crippen molar-refractivity contribution in [3.05, 3.63) is 23.8 Å². The zero-order valence-corrected chi connectivity index (χ0v) is 18.9. The molecule has 1 aromatic carbocycles. The Kier molecular flexibility index (Phi) is 8.92. The van der Waals surface area contributed by atoms with E-state index in [-0.39, 0.29) is 10.8 Å². The van der Waals surface area contributed by atoms with Crippen LogP contribution in [0.5, 0.6) is 5.75 Å². The summed E-state index contributed by atoms with van der Waals surface area (Å²) in [4.78, 5) is 14.9. The van der Waals surface area contributed by atoms with Crippen LogP contribution >= 0.6 is 0 Å². The van der Waals surface area contributed by atoms with Crippen LogP contribution in [0.3, 0.4) is 0 Å². The van der Waals surface area contributed by atoms with Crippen LogP contribution in [0, 0.1) is 5.92 Å². The zero-order valence-electron chi connectivity index (χ0n) is 18.1. The lowest BCUT2D eigenvalue weighted by atomic mass is 10.0. The van der Waals surface area contributed by atoms with Crippen molar-refractivity contribution in [2.24, 2.45) is 5.92 Å². The lowest BCUT2D eigenvalue weighted by molar-refractivity contribution is -0.121. The van der Waals surface area contributed by atoms with E-state index in [1.54, 1.807) is 19.2 Å². The molecule has 1 unspecified atom stereocenters. The van der Waals surface area contributed by atoms with E-state index in [1.165, 1.54) is 37.3 Å². The van der Waals surface area contributed by atoms with Crippen LogP contribution in [-0.4, -0.2) is 70.9 Å². The predicted molar refractivity (Wildman–Crippen MR) is 115 cm³/mol. The Hall–Kier alpha value is -1.64. The highest BCUT2D eigenvalue weighted by Crippen LogP contribution is 2.25. The van der Waals surface area contributed by atoms with Crippen LogP contribution < -0.4 is 10.1 Å². The van der Waals surface area contributed by atoms with Crippen molar-refractivity contribution >= 4 is 15.9 Å². The first-order valence-electron chi connectivity index (χ1n) is 10.3. The van der Waals surface area contributed by atoms with E-state index in [9.17, 15) is 13.2 Å². The number of amides is 1. The number of hydrogen-bond acceptors (Lipinski definition) is 5. The highest BCUT2D eigenvalue weighted by Gasteiger charge is 2.19. The molecule has 0 spiro atoms. The van der Waals surface area contributed by atoms with Crippen molar-refractivity contribution in [1.82, 2.24) is 14.5 Å². The molecule has 164 valence electrons. The van der Waals surface area contributed by atoms with Gasteiger partial charge >= 0.3 is 0 Å². The van der Waals surface area contributed by atoms with Crippen LogP contribution in [0.1, 0.15) is 38.2 Å². The summed E-state index contributed by atoms with van der Waals surface area (Å²) in [6, 6.07) is 4.77. The van der Waals surface area contributed by atoms with Crippen molar-refractivity contribution in [1.29, 1.82) is 0 Å². The third kappa shape index (κ3) is 6.97. The number of rotatable bonds is 10. The van der Waals surface area contributed by atoms with Crippen LogP contribution in [0.25, 0.3) is 0 Å². The monoisotopic (exact) mass is 425 g/mol. The molecule has 29 heavy (non-hydrogen) atoms. The van der Waals surface area contributed by atoms with Gasteiger partial charge < -0.3 is 15.0 Å². The van der Waals surface area contributed by atoms with E-state index >= 15 is 0 Å². The number of carbonyl (C=O) groups excluding carboxylic acids is 1. The number of benzene rings is 1. The summed E-state index contributed by atoms with van der Waals surface area (Å²) >= 11 is 0. The maximum atomic E-state index is 12.3. The summed E-state index contributed by atoms with van der Waals surface area (Å²) in [5, 5.41) is 2.97. The molecular weight excluding hydrogens is 390 g/mol. The van der Waals surface area contributed by atoms with Gasteiger partial charge in [-0.25, -0.2) is 12.7 Å². The van der Waals surface area contributed by atoms with Gasteiger partial charge in [0.2, 0.25) is 15.9 Å². The molecule has 0 aliphatic carbocycles. The Balaban J connectivity index is 1.82. The van der Waals surface area contributed by atoms with Gasteiger partial charge in [0.1, 0.15) is 5.75 Å². The Bertz CT molecular complexity index is 780. The molecule has 0 radical (unpaired) electrons. The van der Waals surface area contributed by atoms with Gasteiger partial charge in [-0.3, -0.25) is 4.79 Å². The second-order valence-electron chi connectivity index (χ2n) is 8.01. The fourth-order valence-corrected chi connectivity index (χ4v) is 4.63. The second kappa shape index (κ2) is 10.9. The van der Waals surface area contributed by atoms with Crippen LogP contribution in [-0.2, 0) is 21.2 Å². The minimum absolute atomic E-state index is 0.0278. The number of hydrogen-bond donors (Lipinski definition) is 1. The Morgan fingerprint density at radius 2 is 2.10 bits per heavy atom. The van der Waals surface area contributed by atoms with E-state index in [0.29, 0.717) is 30.7 Å². The van der Waals surface area contributed by atoms with Gasteiger partial charge in [0.15, 0.2) is 0 Å². The first-order chi connectivity index (χ1) is 13.7. The molecule has 0 bridgehead atoms. The number of ether oxygens (including phenoxy) is 1. The molecule has 1 saturated heterocycles. The van der Waals surface area contributed by atoms with Crippen LogP contribution in [0.2, 0.25) is 0 Å². The lowest BCUT2D eigenvalue weighted by Crippen LogP contribution is -2.36. The van der Waals surface area contributed by atoms with Crippen molar-refractivity contribution in [3.8, 4) is 5.75 Å². The van der Waals surface area contributed by atoms with E-state index in [4.69, 9.17) is 4.74 Å². The largest absolute Gasteiger partial charge is 0.496 e. The molecule has 1 aliphatic rings. The molecule has 1 heterocycles. The molecule has 7 nitrogen and oxygen atoms in total. The highest BCUT2D eigenvalue weighted by molar-refractivity contribution is 7.89. The molecule has 8 heteroatoms. The predicted octanol–water partition coefficient (Wildman–Crippen LogP) is 2.12. The van der Waals surface area contributed by atoms with Crippen LogP contribution in [0.4, 0.5) is 0 Å². The Morgan fingerprint density at radius 1 is 1.34 bits per heavy atom. The van der Waals surface area contributed by atoms with Crippen molar-refractivity contribution in [2.75, 3.05) is 47.4 Å². The number of nitrogens with zero attached hydrogens (tertiary/aromatic N) is 2. The smallest absolute Gasteiger partial charge is 0.242 e. The van der Waals surface area contributed by atoms with Crippen molar-refractivity contribution in [2.45, 2.75) is 43.9 Å². The van der Waals surface area contributed by atoms with E-state index in [2.05, 4.69) is 17.1 Å². The van der Waals surface area contributed by atoms with Gasteiger partial charge in [-0.2, -0.15) is 0 Å². The molecule has 1 fully saturated rings. The number of piperidine rings is 1. The van der Waals surface area contributed by atoms with E-state index in [1.807, 2.05) is 0 Å². The molecule has 0 aromatic heterocycles. The quantitative estimate of drug-likeness (QED) is 0.581. The molecule has 1 N–H and O–H groups in total. The van der Waals surface area contributed by atoms with Gasteiger partial charge in [0.25, 0.3) is 0 Å². The number of methoxy groups -OCH3 is 1. The molecule has 1 aliphatic heterocycles. The topological polar surface area (TPSA) is 79.0 Å². The van der Waals surface area contributed by atoms with Gasteiger partial charge in [0, 0.05) is 33.6 Å². The SMILES string of the molecule is COc1ccc(S(=O)(=O)N(C)C)cc1CCC(=O)NCCCN1CCCC(C)C1. The summed E-state index contributed by atoms with van der Waals surface area (Å²) in [5.74, 6) is 1.33. The standard InChI is InChI=1S/C21H35N3O4S/c1-17-7-5-13-24(16-17)14-6-12-22-21(25)11-8-18-15-19(9-10-20(18)28-4)29(26,27)23(2)3/h9-10,15,17H,5-8,11-14,16H2,1-4H3,(H,22,25). The van der Waals surface area contributed by atoms with E-state index in [0.717, 1.165) is 32.0 Å². The second-order valence-corrected chi connectivity index (χ2v) is 10.2. The fraction of sp³-hybridized carbons (Fsp3) is 0.667.